The lowest BCUT2D eigenvalue weighted by molar-refractivity contribution is 0.0505. The van der Waals surface area contributed by atoms with Crippen molar-refractivity contribution < 1.29 is 9.53 Å². The Morgan fingerprint density at radius 3 is 2.44 bits per heavy atom. The number of hydrogen-bond donors (Lipinski definition) is 0. The number of ether oxygens (including phenoxy) is 1. The number of para-hydroxylation sites is 2. The summed E-state index contributed by atoms with van der Waals surface area (Å²) >= 11 is 0. The Morgan fingerprint density at radius 1 is 0.969 bits per heavy atom. The lowest BCUT2D eigenvalue weighted by Crippen LogP contribution is -2.10. The fraction of sp³-hybridized carbons (Fsp3) is 0.286. The van der Waals surface area contributed by atoms with E-state index in [2.05, 4.69) is 55.7 Å². The molecule has 4 aromatic rings. The summed E-state index contributed by atoms with van der Waals surface area (Å²) in [7, 11) is 0. The van der Waals surface area contributed by atoms with Gasteiger partial charge < -0.3 is 9.30 Å². The second-order valence-electron chi connectivity index (χ2n) is 9.17. The van der Waals surface area contributed by atoms with Crippen molar-refractivity contribution in [1.82, 2.24) is 9.55 Å². The molecule has 0 spiro atoms. The molecule has 0 aliphatic rings. The predicted molar refractivity (Wildman–Crippen MR) is 130 cm³/mol. The molecule has 32 heavy (non-hydrogen) atoms. The molecule has 0 saturated carbocycles. The van der Waals surface area contributed by atoms with E-state index in [9.17, 15) is 4.79 Å². The molecule has 0 aliphatic heterocycles. The Balaban J connectivity index is 1.73. The third-order valence-corrected chi connectivity index (χ3v) is 5.60. The van der Waals surface area contributed by atoms with Crippen molar-refractivity contribution in [1.29, 1.82) is 0 Å². The Hall–Kier alpha value is -3.40. The number of carbonyl (C=O) groups excluding carboxylic acids is 1. The highest BCUT2D eigenvalue weighted by atomic mass is 16.5. The summed E-state index contributed by atoms with van der Waals surface area (Å²) in [4.78, 5) is 17.3. The third kappa shape index (κ3) is 4.59. The molecule has 1 aromatic heterocycles. The van der Waals surface area contributed by atoms with Crippen LogP contribution in [-0.2, 0) is 16.7 Å². The van der Waals surface area contributed by atoms with Gasteiger partial charge in [0.15, 0.2) is 0 Å². The second-order valence-corrected chi connectivity index (χ2v) is 9.17. The van der Waals surface area contributed by atoms with Crippen LogP contribution >= 0.6 is 0 Å². The van der Waals surface area contributed by atoms with Crippen LogP contribution in [0.2, 0.25) is 0 Å². The van der Waals surface area contributed by atoms with Crippen LogP contribution in [0.15, 0.2) is 72.8 Å². The van der Waals surface area contributed by atoms with Crippen LogP contribution in [0.3, 0.4) is 0 Å². The molecule has 0 amide bonds. The first-order chi connectivity index (χ1) is 15.4. The molecule has 0 atom stereocenters. The van der Waals surface area contributed by atoms with E-state index in [1.807, 2.05) is 43.3 Å². The molecule has 0 saturated heterocycles. The highest BCUT2D eigenvalue weighted by molar-refractivity contribution is 5.89. The number of benzene rings is 3. The van der Waals surface area contributed by atoms with Gasteiger partial charge in [0.05, 0.1) is 23.2 Å². The zero-order chi connectivity index (χ0) is 22.7. The molecule has 1 heterocycles. The zero-order valence-corrected chi connectivity index (χ0v) is 19.3. The maximum absolute atomic E-state index is 12.3. The van der Waals surface area contributed by atoms with E-state index in [0.29, 0.717) is 18.7 Å². The summed E-state index contributed by atoms with van der Waals surface area (Å²) in [6, 6.07) is 24.5. The summed E-state index contributed by atoms with van der Waals surface area (Å²) in [5.41, 5.74) is 6.12. The molecule has 0 fully saturated rings. The fourth-order valence-corrected chi connectivity index (χ4v) is 3.83. The van der Waals surface area contributed by atoms with Crippen molar-refractivity contribution in [3.05, 3.63) is 89.5 Å². The van der Waals surface area contributed by atoms with Crippen molar-refractivity contribution in [2.24, 2.45) is 0 Å². The highest BCUT2D eigenvalue weighted by Gasteiger charge is 2.17. The van der Waals surface area contributed by atoms with Crippen molar-refractivity contribution in [2.45, 2.75) is 46.1 Å². The van der Waals surface area contributed by atoms with Crippen LogP contribution in [0.1, 0.15) is 55.6 Å². The molecule has 0 aliphatic carbocycles. The summed E-state index contributed by atoms with van der Waals surface area (Å²) in [5, 5.41) is 0. The molecular weight excluding hydrogens is 396 g/mol. The molecule has 0 bridgehead atoms. The van der Waals surface area contributed by atoms with E-state index in [1.165, 1.54) is 5.56 Å². The maximum atomic E-state index is 12.3. The monoisotopic (exact) mass is 426 g/mol. The average molecular weight is 427 g/mol. The number of aromatic nitrogens is 2. The number of carbonyl (C=O) groups is 1. The van der Waals surface area contributed by atoms with Crippen LogP contribution in [0, 0.1) is 0 Å². The first-order valence-corrected chi connectivity index (χ1v) is 11.2. The minimum atomic E-state index is -0.276. The summed E-state index contributed by atoms with van der Waals surface area (Å²) in [6.07, 6.45) is 0.809. The quantitative estimate of drug-likeness (QED) is 0.326. The predicted octanol–water partition coefficient (Wildman–Crippen LogP) is 6.62. The highest BCUT2D eigenvalue weighted by Crippen LogP contribution is 2.29. The van der Waals surface area contributed by atoms with Gasteiger partial charge >= 0.3 is 5.97 Å². The van der Waals surface area contributed by atoms with Crippen LogP contribution in [-0.4, -0.2) is 22.1 Å². The maximum Gasteiger partial charge on any atom is 0.338 e. The van der Waals surface area contributed by atoms with Crippen molar-refractivity contribution in [3.8, 4) is 11.4 Å². The number of fused-ring (bicyclic) bond motifs is 1. The lowest BCUT2D eigenvalue weighted by atomic mass is 9.87. The van der Waals surface area contributed by atoms with Crippen LogP contribution < -0.4 is 0 Å². The SMILES string of the molecule is CCCOC(=O)c1cccc(Cn2c(-c3ccc(C(C)(C)C)cc3)nc3ccccc32)c1. The fourth-order valence-electron chi connectivity index (χ4n) is 3.83. The smallest absolute Gasteiger partial charge is 0.338 e. The van der Waals surface area contributed by atoms with Crippen LogP contribution in [0.4, 0.5) is 0 Å². The van der Waals surface area contributed by atoms with E-state index >= 15 is 0 Å². The summed E-state index contributed by atoms with van der Waals surface area (Å²) < 4.78 is 7.53. The number of imidazole rings is 1. The van der Waals surface area contributed by atoms with Gasteiger partial charge in [0.25, 0.3) is 0 Å². The van der Waals surface area contributed by atoms with Gasteiger partial charge in [-0.25, -0.2) is 9.78 Å². The van der Waals surface area contributed by atoms with E-state index in [1.54, 1.807) is 6.07 Å². The first kappa shape index (κ1) is 21.8. The molecule has 164 valence electrons. The zero-order valence-electron chi connectivity index (χ0n) is 19.3. The number of esters is 1. The van der Waals surface area contributed by atoms with Crippen molar-refractivity contribution in [3.63, 3.8) is 0 Å². The molecule has 3 aromatic carbocycles. The molecule has 4 rings (SSSR count). The van der Waals surface area contributed by atoms with Crippen LogP contribution in [0.5, 0.6) is 0 Å². The molecular formula is C28H30N2O2. The van der Waals surface area contributed by atoms with Gasteiger partial charge in [-0.15, -0.1) is 0 Å². The van der Waals surface area contributed by atoms with Gasteiger partial charge in [-0.05, 0) is 47.2 Å². The molecule has 0 radical (unpaired) electrons. The van der Waals surface area contributed by atoms with Crippen molar-refractivity contribution in [2.75, 3.05) is 6.61 Å². The van der Waals surface area contributed by atoms with E-state index in [4.69, 9.17) is 9.72 Å². The Labute approximate surface area is 189 Å². The van der Waals surface area contributed by atoms with E-state index in [-0.39, 0.29) is 11.4 Å². The van der Waals surface area contributed by atoms with Gasteiger partial charge in [0.1, 0.15) is 5.82 Å². The largest absolute Gasteiger partial charge is 0.462 e. The Bertz CT molecular complexity index is 1230. The molecule has 4 nitrogen and oxygen atoms in total. The van der Waals surface area contributed by atoms with Gasteiger partial charge in [0, 0.05) is 12.1 Å². The Morgan fingerprint density at radius 2 is 1.72 bits per heavy atom. The van der Waals surface area contributed by atoms with Gasteiger partial charge in [-0.3, -0.25) is 0 Å². The molecule has 4 heteroatoms. The van der Waals surface area contributed by atoms with E-state index in [0.717, 1.165) is 34.4 Å². The third-order valence-electron chi connectivity index (χ3n) is 5.60. The number of hydrogen-bond acceptors (Lipinski definition) is 3. The molecule has 0 unspecified atom stereocenters. The standard InChI is InChI=1S/C28H30N2O2/c1-5-17-32-27(31)22-10-8-9-20(18-22)19-30-25-12-7-6-11-24(25)29-26(30)21-13-15-23(16-14-21)28(2,3)4/h6-16,18H,5,17,19H2,1-4H3. The number of rotatable bonds is 6. The molecule has 0 N–H and O–H groups in total. The van der Waals surface area contributed by atoms with Gasteiger partial charge in [0.2, 0.25) is 0 Å². The number of nitrogens with zero attached hydrogens (tertiary/aromatic N) is 2. The minimum Gasteiger partial charge on any atom is -0.462 e. The lowest BCUT2D eigenvalue weighted by Gasteiger charge is -2.19. The van der Waals surface area contributed by atoms with Crippen molar-refractivity contribution >= 4 is 17.0 Å². The van der Waals surface area contributed by atoms with E-state index < -0.39 is 0 Å². The topological polar surface area (TPSA) is 44.1 Å². The van der Waals surface area contributed by atoms with Gasteiger partial charge in [-0.2, -0.15) is 0 Å². The van der Waals surface area contributed by atoms with Gasteiger partial charge in [-0.1, -0.05) is 76.2 Å². The second kappa shape index (κ2) is 8.99. The normalized spacial score (nSPS) is 11.6. The minimum absolute atomic E-state index is 0.103. The summed E-state index contributed by atoms with van der Waals surface area (Å²) in [5.74, 6) is 0.646. The first-order valence-electron chi connectivity index (χ1n) is 11.2. The van der Waals surface area contributed by atoms with Crippen LogP contribution in [0.25, 0.3) is 22.4 Å². The summed E-state index contributed by atoms with van der Waals surface area (Å²) in [6.45, 7) is 9.69. The Kier molecular flexibility index (Phi) is 6.13. The average Bonchev–Trinajstić information content (AvgIpc) is 3.15.